The summed E-state index contributed by atoms with van der Waals surface area (Å²) in [6, 6.07) is 0. The van der Waals surface area contributed by atoms with E-state index in [0.717, 1.165) is 12.8 Å². The van der Waals surface area contributed by atoms with E-state index in [0.29, 0.717) is 17.4 Å². The highest BCUT2D eigenvalue weighted by Gasteiger charge is 2.65. The number of fused-ring (bicyclic) bond motifs is 2. The number of terminal acetylenes is 1. The molecule has 2 fully saturated rings. The van der Waals surface area contributed by atoms with Crippen LogP contribution in [-0.2, 0) is 9.47 Å². The van der Waals surface area contributed by atoms with Gasteiger partial charge in [0.25, 0.3) is 0 Å². The van der Waals surface area contributed by atoms with Crippen LogP contribution in [-0.4, -0.2) is 28.7 Å². The van der Waals surface area contributed by atoms with Crippen LogP contribution in [0, 0.1) is 18.3 Å². The smallest absolute Gasteiger partial charge is 0.107 e. The summed E-state index contributed by atoms with van der Waals surface area (Å²) in [5.74, 6) is 3.02. The van der Waals surface area contributed by atoms with Crippen molar-refractivity contribution in [1.29, 1.82) is 0 Å². The Morgan fingerprint density at radius 3 is 2.75 bits per heavy atom. The van der Waals surface area contributed by atoms with Gasteiger partial charge in [-0.05, 0) is 19.3 Å². The minimum Gasteiger partial charge on any atom is -0.365 e. The fourth-order valence-electron chi connectivity index (χ4n) is 3.04. The molecule has 2 bridgehead atoms. The van der Waals surface area contributed by atoms with E-state index in [1.54, 1.807) is 0 Å². The second-order valence-electron chi connectivity index (χ2n) is 5.40. The van der Waals surface area contributed by atoms with Crippen molar-refractivity contribution < 1.29 is 9.47 Å². The van der Waals surface area contributed by atoms with Gasteiger partial charge in [-0.15, -0.1) is 6.42 Å². The Bertz CT molecular complexity index is 322. The van der Waals surface area contributed by atoms with Crippen LogP contribution < -0.4 is 0 Å². The molecule has 16 heavy (non-hydrogen) atoms. The van der Waals surface area contributed by atoms with Gasteiger partial charge in [-0.25, -0.2) is 0 Å². The summed E-state index contributed by atoms with van der Waals surface area (Å²) in [6.07, 6.45) is 7.33. The normalized spacial score (nSPS) is 46.2. The standard InChI is InChI=1S/C13H19BrO2/c1-5-6-15-11-8-13(9(2)3)10(14)7-12(11,4)16-13/h1,9-11H,6-8H2,2-4H3/t10-,11+,12-,13+/m0/s1. The maximum Gasteiger partial charge on any atom is 0.107 e. The molecule has 0 aliphatic carbocycles. The zero-order valence-corrected chi connectivity index (χ0v) is 11.7. The van der Waals surface area contributed by atoms with Crippen LogP contribution in [0.2, 0.25) is 0 Å². The summed E-state index contributed by atoms with van der Waals surface area (Å²) in [4.78, 5) is 0.427. The monoisotopic (exact) mass is 286 g/mol. The number of hydrogen-bond acceptors (Lipinski definition) is 2. The van der Waals surface area contributed by atoms with E-state index >= 15 is 0 Å². The van der Waals surface area contributed by atoms with Crippen molar-refractivity contribution >= 4 is 15.9 Å². The number of hydrogen-bond donors (Lipinski definition) is 0. The SMILES string of the molecule is C#CCO[C@@H]1C[C@]2(C(C)C)O[C@@]1(C)C[C@@H]2Br. The van der Waals surface area contributed by atoms with Gasteiger partial charge in [0.1, 0.15) is 6.61 Å². The van der Waals surface area contributed by atoms with Crippen molar-refractivity contribution in [3.63, 3.8) is 0 Å². The first-order chi connectivity index (χ1) is 7.44. The highest BCUT2D eigenvalue weighted by molar-refractivity contribution is 9.09. The van der Waals surface area contributed by atoms with Crippen LogP contribution in [0.1, 0.15) is 33.6 Å². The van der Waals surface area contributed by atoms with Crippen LogP contribution >= 0.6 is 15.9 Å². The van der Waals surface area contributed by atoms with Crippen LogP contribution in [0.25, 0.3) is 0 Å². The van der Waals surface area contributed by atoms with Crippen LogP contribution in [0.5, 0.6) is 0 Å². The van der Waals surface area contributed by atoms with Crippen LogP contribution in [0.3, 0.4) is 0 Å². The molecule has 2 aliphatic rings. The van der Waals surface area contributed by atoms with Crippen molar-refractivity contribution in [2.24, 2.45) is 5.92 Å². The second kappa shape index (κ2) is 4.01. The highest BCUT2D eigenvalue weighted by atomic mass is 79.9. The molecule has 0 aromatic heterocycles. The van der Waals surface area contributed by atoms with Crippen LogP contribution in [0.4, 0.5) is 0 Å². The summed E-state index contributed by atoms with van der Waals surface area (Å²) in [7, 11) is 0. The lowest BCUT2D eigenvalue weighted by Gasteiger charge is -2.35. The van der Waals surface area contributed by atoms with Crippen molar-refractivity contribution in [2.45, 2.75) is 55.7 Å². The molecule has 2 rings (SSSR count). The molecule has 0 aromatic rings. The quantitative estimate of drug-likeness (QED) is 0.587. The third kappa shape index (κ3) is 1.63. The molecule has 90 valence electrons. The summed E-state index contributed by atoms with van der Waals surface area (Å²) < 4.78 is 12.0. The highest BCUT2D eigenvalue weighted by Crippen LogP contribution is 2.57. The molecule has 2 saturated heterocycles. The molecule has 2 nitrogen and oxygen atoms in total. The number of rotatable bonds is 3. The Balaban J connectivity index is 2.18. The third-order valence-electron chi connectivity index (χ3n) is 4.07. The lowest BCUT2D eigenvalue weighted by molar-refractivity contribution is -0.0886. The van der Waals surface area contributed by atoms with E-state index < -0.39 is 0 Å². The van der Waals surface area contributed by atoms with Crippen molar-refractivity contribution in [2.75, 3.05) is 6.61 Å². The largest absolute Gasteiger partial charge is 0.365 e. The first-order valence-electron chi connectivity index (χ1n) is 5.84. The summed E-state index contributed by atoms with van der Waals surface area (Å²) in [5, 5.41) is 0. The molecule has 2 aliphatic heterocycles. The maximum atomic E-state index is 6.29. The molecule has 0 aromatic carbocycles. The molecule has 0 spiro atoms. The molecule has 2 heterocycles. The first kappa shape index (κ1) is 12.4. The van der Waals surface area contributed by atoms with Crippen molar-refractivity contribution in [1.82, 2.24) is 0 Å². The fraction of sp³-hybridized carbons (Fsp3) is 0.846. The van der Waals surface area contributed by atoms with Gasteiger partial charge in [0.15, 0.2) is 0 Å². The van der Waals surface area contributed by atoms with E-state index in [2.05, 4.69) is 42.6 Å². The molecule has 0 saturated carbocycles. The van der Waals surface area contributed by atoms with Crippen LogP contribution in [0.15, 0.2) is 0 Å². The topological polar surface area (TPSA) is 18.5 Å². The zero-order valence-electron chi connectivity index (χ0n) is 10.1. The average Bonchev–Trinajstić information content (AvgIpc) is 2.63. The lowest BCUT2D eigenvalue weighted by Crippen LogP contribution is -2.45. The van der Waals surface area contributed by atoms with E-state index in [9.17, 15) is 0 Å². The van der Waals surface area contributed by atoms with Gasteiger partial charge in [0, 0.05) is 11.2 Å². The van der Waals surface area contributed by atoms with Gasteiger partial charge in [0.2, 0.25) is 0 Å². The van der Waals surface area contributed by atoms with Crippen molar-refractivity contribution in [3.8, 4) is 12.3 Å². The molecular weight excluding hydrogens is 268 g/mol. The predicted molar refractivity (Wildman–Crippen MR) is 67.6 cm³/mol. The van der Waals surface area contributed by atoms with Gasteiger partial charge in [-0.2, -0.15) is 0 Å². The Hall–Kier alpha value is -0.0400. The first-order valence-corrected chi connectivity index (χ1v) is 6.75. The maximum absolute atomic E-state index is 6.29. The van der Waals surface area contributed by atoms with E-state index in [4.69, 9.17) is 15.9 Å². The van der Waals surface area contributed by atoms with Gasteiger partial charge in [0.05, 0.1) is 17.3 Å². The van der Waals surface area contributed by atoms with E-state index in [1.165, 1.54) is 0 Å². The second-order valence-corrected chi connectivity index (χ2v) is 6.51. The summed E-state index contributed by atoms with van der Waals surface area (Å²) in [6.45, 7) is 6.94. The molecule has 0 amide bonds. The number of ether oxygens (including phenoxy) is 2. The molecular formula is C13H19BrO2. The lowest BCUT2D eigenvalue weighted by atomic mass is 9.75. The molecule has 0 radical (unpaired) electrons. The van der Waals surface area contributed by atoms with E-state index in [-0.39, 0.29) is 17.3 Å². The number of alkyl halides is 1. The summed E-state index contributed by atoms with van der Waals surface area (Å²) >= 11 is 3.76. The summed E-state index contributed by atoms with van der Waals surface area (Å²) in [5.41, 5.74) is -0.247. The minimum absolute atomic E-state index is 0.0754. The Kier molecular flexibility index (Phi) is 3.11. The molecule has 0 N–H and O–H groups in total. The van der Waals surface area contributed by atoms with Gasteiger partial charge in [-0.1, -0.05) is 35.7 Å². The predicted octanol–water partition coefficient (Wildman–Crippen LogP) is 2.75. The zero-order chi connectivity index (χ0) is 12.0. The van der Waals surface area contributed by atoms with Gasteiger partial charge in [-0.3, -0.25) is 0 Å². The van der Waals surface area contributed by atoms with E-state index in [1.807, 2.05) is 0 Å². The Labute approximate surface area is 106 Å². The average molecular weight is 287 g/mol. The molecule has 4 atom stereocenters. The number of halogens is 1. The molecule has 0 unspecified atom stereocenters. The Morgan fingerprint density at radius 2 is 2.25 bits per heavy atom. The van der Waals surface area contributed by atoms with Crippen molar-refractivity contribution in [3.05, 3.63) is 0 Å². The van der Waals surface area contributed by atoms with Gasteiger partial charge >= 0.3 is 0 Å². The Morgan fingerprint density at radius 1 is 1.56 bits per heavy atom. The van der Waals surface area contributed by atoms with Gasteiger partial charge < -0.3 is 9.47 Å². The molecule has 3 heteroatoms. The fourth-order valence-corrected chi connectivity index (χ4v) is 4.49. The third-order valence-corrected chi connectivity index (χ3v) is 5.17. The minimum atomic E-state index is -0.171.